The van der Waals surface area contributed by atoms with E-state index in [4.69, 9.17) is 9.84 Å². The fourth-order valence-electron chi connectivity index (χ4n) is 1.60. The van der Waals surface area contributed by atoms with E-state index in [9.17, 15) is 0 Å². The summed E-state index contributed by atoms with van der Waals surface area (Å²) in [4.78, 5) is 0. The van der Waals surface area contributed by atoms with Gasteiger partial charge in [-0.05, 0) is 17.7 Å². The van der Waals surface area contributed by atoms with Crippen LogP contribution in [0.3, 0.4) is 0 Å². The Hall–Kier alpha value is -1.06. The maximum Gasteiger partial charge on any atom is 0.0681 e. The molecule has 1 heterocycles. The quantitative estimate of drug-likeness (QED) is 0.788. The van der Waals surface area contributed by atoms with E-state index in [1.807, 2.05) is 24.3 Å². The Kier molecular flexibility index (Phi) is 2.93. The van der Waals surface area contributed by atoms with Crippen LogP contribution in [-0.4, -0.2) is 24.9 Å². The molecule has 0 bridgehead atoms. The van der Waals surface area contributed by atoms with E-state index < -0.39 is 0 Å². The minimum atomic E-state index is 0.103. The lowest BCUT2D eigenvalue weighted by Crippen LogP contribution is -2.45. The Bertz CT molecular complexity index is 317. The average molecular weight is 207 g/mol. The monoisotopic (exact) mass is 207 g/mol. The zero-order valence-corrected chi connectivity index (χ0v) is 8.99. The van der Waals surface area contributed by atoms with E-state index in [1.54, 1.807) is 0 Å². The van der Waals surface area contributed by atoms with Crippen LogP contribution in [-0.2, 0) is 11.3 Å². The first-order valence-electron chi connectivity index (χ1n) is 5.23. The van der Waals surface area contributed by atoms with E-state index in [0.717, 1.165) is 31.0 Å². The molecule has 1 fully saturated rings. The van der Waals surface area contributed by atoms with Gasteiger partial charge in [0.05, 0.1) is 19.8 Å². The summed E-state index contributed by atoms with van der Waals surface area (Å²) >= 11 is 0. The van der Waals surface area contributed by atoms with Crippen molar-refractivity contribution < 1.29 is 9.84 Å². The molecule has 1 aliphatic rings. The number of hydrogen-bond donors (Lipinski definition) is 2. The average Bonchev–Trinajstić information content (AvgIpc) is 2.24. The van der Waals surface area contributed by atoms with Crippen LogP contribution >= 0.6 is 0 Å². The topological polar surface area (TPSA) is 41.5 Å². The fraction of sp³-hybridized carbons (Fsp3) is 0.500. The molecule has 0 saturated carbocycles. The third kappa shape index (κ3) is 2.49. The van der Waals surface area contributed by atoms with E-state index >= 15 is 0 Å². The van der Waals surface area contributed by atoms with Gasteiger partial charge in [-0.15, -0.1) is 0 Å². The van der Waals surface area contributed by atoms with Crippen molar-refractivity contribution in [2.75, 3.05) is 25.1 Å². The summed E-state index contributed by atoms with van der Waals surface area (Å²) < 4.78 is 5.19. The number of benzene rings is 1. The van der Waals surface area contributed by atoms with E-state index in [1.165, 1.54) is 0 Å². The van der Waals surface area contributed by atoms with Crippen molar-refractivity contribution in [2.45, 2.75) is 13.5 Å². The summed E-state index contributed by atoms with van der Waals surface area (Å²) in [6.07, 6.45) is 0. The summed E-state index contributed by atoms with van der Waals surface area (Å²) in [7, 11) is 0. The Morgan fingerprint density at radius 2 is 2.00 bits per heavy atom. The molecule has 1 aromatic rings. The fourth-order valence-corrected chi connectivity index (χ4v) is 1.60. The number of nitrogens with one attached hydrogen (secondary N) is 1. The van der Waals surface area contributed by atoms with Gasteiger partial charge in [-0.3, -0.25) is 0 Å². The second-order valence-electron chi connectivity index (χ2n) is 4.51. The molecule has 2 N–H and O–H groups in total. The van der Waals surface area contributed by atoms with Crippen LogP contribution in [0.2, 0.25) is 0 Å². The van der Waals surface area contributed by atoms with Gasteiger partial charge in [-0.1, -0.05) is 19.1 Å². The zero-order valence-electron chi connectivity index (χ0n) is 8.99. The first kappa shape index (κ1) is 10.5. The predicted molar refractivity (Wildman–Crippen MR) is 59.8 cm³/mol. The molecule has 1 aromatic carbocycles. The van der Waals surface area contributed by atoms with Crippen molar-refractivity contribution >= 4 is 5.69 Å². The first-order valence-corrected chi connectivity index (χ1v) is 5.23. The number of anilines is 1. The number of aliphatic hydroxyl groups is 1. The number of rotatable bonds is 4. The molecule has 1 saturated heterocycles. The standard InChI is InChI=1S/C12H17NO2/c1-12(8-15-9-12)7-13-11-4-2-10(6-14)3-5-11/h2-5,13-14H,6-9H2,1H3. The molecule has 82 valence electrons. The van der Waals surface area contributed by atoms with Crippen LogP contribution in [0.15, 0.2) is 24.3 Å². The number of aliphatic hydroxyl groups excluding tert-OH is 1. The molecule has 15 heavy (non-hydrogen) atoms. The second-order valence-corrected chi connectivity index (χ2v) is 4.51. The molecule has 0 aromatic heterocycles. The Morgan fingerprint density at radius 3 is 2.47 bits per heavy atom. The molecule has 0 atom stereocenters. The number of hydrogen-bond acceptors (Lipinski definition) is 3. The third-order valence-electron chi connectivity index (χ3n) is 2.76. The molecule has 0 amide bonds. The van der Waals surface area contributed by atoms with Gasteiger partial charge in [0.2, 0.25) is 0 Å². The first-order chi connectivity index (χ1) is 7.22. The van der Waals surface area contributed by atoms with Gasteiger partial charge in [-0.25, -0.2) is 0 Å². The van der Waals surface area contributed by atoms with Crippen molar-refractivity contribution in [3.8, 4) is 0 Å². The van der Waals surface area contributed by atoms with Crippen LogP contribution in [0.1, 0.15) is 12.5 Å². The summed E-state index contributed by atoms with van der Waals surface area (Å²) in [6, 6.07) is 7.85. The predicted octanol–water partition coefficient (Wildman–Crippen LogP) is 1.63. The van der Waals surface area contributed by atoms with Crippen LogP contribution < -0.4 is 5.32 Å². The zero-order chi connectivity index (χ0) is 10.7. The Morgan fingerprint density at radius 1 is 1.33 bits per heavy atom. The molecular weight excluding hydrogens is 190 g/mol. The van der Waals surface area contributed by atoms with Gasteiger partial charge in [0, 0.05) is 17.6 Å². The van der Waals surface area contributed by atoms with Gasteiger partial charge < -0.3 is 15.2 Å². The SMILES string of the molecule is CC1(CNc2ccc(CO)cc2)COC1. The highest BCUT2D eigenvalue weighted by Gasteiger charge is 2.32. The molecule has 0 unspecified atom stereocenters. The molecule has 1 aliphatic heterocycles. The van der Waals surface area contributed by atoms with Gasteiger partial charge >= 0.3 is 0 Å². The lowest BCUT2D eigenvalue weighted by Gasteiger charge is -2.38. The van der Waals surface area contributed by atoms with E-state index in [0.29, 0.717) is 0 Å². The molecule has 0 spiro atoms. The van der Waals surface area contributed by atoms with Crippen LogP contribution in [0, 0.1) is 5.41 Å². The lowest BCUT2D eigenvalue weighted by molar-refractivity contribution is -0.0924. The van der Waals surface area contributed by atoms with Crippen LogP contribution in [0.25, 0.3) is 0 Å². The van der Waals surface area contributed by atoms with E-state index in [2.05, 4.69) is 12.2 Å². The lowest BCUT2D eigenvalue weighted by atomic mass is 9.89. The van der Waals surface area contributed by atoms with Crippen molar-refractivity contribution in [3.05, 3.63) is 29.8 Å². The summed E-state index contributed by atoms with van der Waals surface area (Å²) in [6.45, 7) is 4.94. The van der Waals surface area contributed by atoms with E-state index in [-0.39, 0.29) is 12.0 Å². The van der Waals surface area contributed by atoms with Crippen molar-refractivity contribution in [3.63, 3.8) is 0 Å². The molecule has 0 aliphatic carbocycles. The summed E-state index contributed by atoms with van der Waals surface area (Å²) in [5.74, 6) is 0. The highest BCUT2D eigenvalue weighted by molar-refractivity contribution is 5.44. The maximum absolute atomic E-state index is 8.90. The largest absolute Gasteiger partial charge is 0.392 e. The smallest absolute Gasteiger partial charge is 0.0681 e. The molecule has 3 heteroatoms. The maximum atomic E-state index is 8.90. The third-order valence-corrected chi connectivity index (χ3v) is 2.76. The highest BCUT2D eigenvalue weighted by atomic mass is 16.5. The molecular formula is C12H17NO2. The Labute approximate surface area is 90.1 Å². The number of ether oxygens (including phenoxy) is 1. The van der Waals surface area contributed by atoms with Crippen molar-refractivity contribution in [2.24, 2.45) is 5.41 Å². The minimum Gasteiger partial charge on any atom is -0.392 e. The van der Waals surface area contributed by atoms with Crippen LogP contribution in [0.4, 0.5) is 5.69 Å². The second kappa shape index (κ2) is 4.21. The van der Waals surface area contributed by atoms with Crippen molar-refractivity contribution in [1.82, 2.24) is 0 Å². The van der Waals surface area contributed by atoms with Crippen molar-refractivity contribution in [1.29, 1.82) is 0 Å². The Balaban J connectivity index is 1.87. The molecule has 3 nitrogen and oxygen atoms in total. The van der Waals surface area contributed by atoms with Gasteiger partial charge in [0.25, 0.3) is 0 Å². The normalized spacial score (nSPS) is 18.3. The summed E-state index contributed by atoms with van der Waals surface area (Å²) in [5, 5.41) is 12.3. The van der Waals surface area contributed by atoms with Gasteiger partial charge in [0.1, 0.15) is 0 Å². The highest BCUT2D eigenvalue weighted by Crippen LogP contribution is 2.26. The molecule has 0 radical (unpaired) electrons. The van der Waals surface area contributed by atoms with Crippen LogP contribution in [0.5, 0.6) is 0 Å². The molecule has 2 rings (SSSR count). The van der Waals surface area contributed by atoms with Gasteiger partial charge in [-0.2, -0.15) is 0 Å². The van der Waals surface area contributed by atoms with Gasteiger partial charge in [0.15, 0.2) is 0 Å². The minimum absolute atomic E-state index is 0.103. The summed E-state index contributed by atoms with van der Waals surface area (Å²) in [5.41, 5.74) is 2.33.